The number of nitrogens with zero attached hydrogens (tertiary/aromatic N) is 3. The standard InChI is InChI=1S/C24H17Cl2F2N3O5/c25-14-7-6-12(8-15(14)27)19(36-23(34)11-4-2-1-3-5-11)20-17(32)18(33)22(35-20)31-10-16(28)13-9-29-24(26)30-21(13)31/h1-10,17-20,22,32-33H/t17-,18+,19+,20-,22+/m0/s1. The van der Waals surface area contributed by atoms with Crippen molar-refractivity contribution in [1.29, 1.82) is 0 Å². The van der Waals surface area contributed by atoms with Crippen LogP contribution in [0.3, 0.4) is 0 Å². The van der Waals surface area contributed by atoms with E-state index in [1.165, 1.54) is 30.5 Å². The number of halogens is 4. The third kappa shape index (κ3) is 4.42. The van der Waals surface area contributed by atoms with Gasteiger partial charge < -0.3 is 24.3 Å². The normalized spacial score (nSPS) is 22.6. The largest absolute Gasteiger partial charge is 0.451 e. The van der Waals surface area contributed by atoms with E-state index in [2.05, 4.69) is 9.97 Å². The Hall–Kier alpha value is -3.15. The van der Waals surface area contributed by atoms with Crippen LogP contribution >= 0.6 is 23.2 Å². The topological polar surface area (TPSA) is 107 Å². The molecular weight excluding hydrogens is 519 g/mol. The number of fused-ring (bicyclic) bond motifs is 1. The van der Waals surface area contributed by atoms with E-state index in [1.54, 1.807) is 18.2 Å². The first-order chi connectivity index (χ1) is 17.2. The molecule has 1 fully saturated rings. The molecule has 5 rings (SSSR count). The van der Waals surface area contributed by atoms with Crippen molar-refractivity contribution in [1.82, 2.24) is 14.5 Å². The van der Waals surface area contributed by atoms with E-state index in [-0.39, 0.29) is 32.5 Å². The number of esters is 1. The minimum atomic E-state index is -1.62. The van der Waals surface area contributed by atoms with Crippen LogP contribution in [0, 0.1) is 11.6 Å². The first kappa shape index (κ1) is 24.5. The third-order valence-electron chi connectivity index (χ3n) is 5.86. The van der Waals surface area contributed by atoms with Crippen LogP contribution in [-0.2, 0) is 9.47 Å². The summed E-state index contributed by atoms with van der Waals surface area (Å²) in [4.78, 5) is 20.6. The lowest BCUT2D eigenvalue weighted by molar-refractivity contribution is -0.0917. The van der Waals surface area contributed by atoms with E-state index < -0.39 is 48.2 Å². The number of rotatable bonds is 5. The molecule has 1 aliphatic rings. The first-order valence-corrected chi connectivity index (χ1v) is 11.4. The quantitative estimate of drug-likeness (QED) is 0.291. The van der Waals surface area contributed by atoms with Crippen molar-refractivity contribution in [3.8, 4) is 0 Å². The number of aliphatic hydroxyl groups is 2. The molecule has 0 radical (unpaired) electrons. The van der Waals surface area contributed by atoms with Crippen LogP contribution < -0.4 is 0 Å². The Bertz CT molecular complexity index is 1440. The lowest BCUT2D eigenvalue weighted by Crippen LogP contribution is -2.36. The van der Waals surface area contributed by atoms with Gasteiger partial charge in [0.15, 0.2) is 18.1 Å². The van der Waals surface area contributed by atoms with Gasteiger partial charge in [0, 0.05) is 12.4 Å². The number of carbonyl (C=O) groups is 1. The van der Waals surface area contributed by atoms with Crippen LogP contribution in [0.15, 0.2) is 60.9 Å². The summed E-state index contributed by atoms with van der Waals surface area (Å²) in [5.41, 5.74) is 0.332. The van der Waals surface area contributed by atoms with Gasteiger partial charge in [-0.1, -0.05) is 35.9 Å². The minimum absolute atomic E-state index is 0.0137. The van der Waals surface area contributed by atoms with Gasteiger partial charge in [0.25, 0.3) is 0 Å². The average Bonchev–Trinajstić information content (AvgIpc) is 3.35. The Morgan fingerprint density at radius 3 is 2.56 bits per heavy atom. The van der Waals surface area contributed by atoms with Crippen LogP contribution in [0.2, 0.25) is 10.3 Å². The summed E-state index contributed by atoms with van der Waals surface area (Å²) in [6.45, 7) is 0. The van der Waals surface area contributed by atoms with Gasteiger partial charge in [0.05, 0.1) is 16.0 Å². The van der Waals surface area contributed by atoms with Crippen molar-refractivity contribution in [3.05, 3.63) is 94.0 Å². The number of ether oxygens (including phenoxy) is 2. The maximum atomic E-state index is 14.5. The Morgan fingerprint density at radius 2 is 1.83 bits per heavy atom. The van der Waals surface area contributed by atoms with Gasteiger partial charge in [-0.05, 0) is 41.4 Å². The fourth-order valence-electron chi connectivity index (χ4n) is 4.10. The number of carbonyl (C=O) groups excluding carboxylic acids is 1. The smallest absolute Gasteiger partial charge is 0.338 e. The highest BCUT2D eigenvalue weighted by atomic mass is 35.5. The van der Waals surface area contributed by atoms with Gasteiger partial charge in [0.2, 0.25) is 5.28 Å². The number of aromatic nitrogens is 3. The molecule has 8 nitrogen and oxygen atoms in total. The molecule has 2 N–H and O–H groups in total. The zero-order valence-corrected chi connectivity index (χ0v) is 19.6. The number of benzene rings is 2. The second kappa shape index (κ2) is 9.72. The van der Waals surface area contributed by atoms with Gasteiger partial charge in [-0.3, -0.25) is 0 Å². The molecule has 4 aromatic rings. The number of hydrogen-bond donors (Lipinski definition) is 2. The Labute approximate surface area is 212 Å². The maximum Gasteiger partial charge on any atom is 0.338 e. The van der Waals surface area contributed by atoms with Crippen molar-refractivity contribution in [2.24, 2.45) is 0 Å². The molecule has 0 saturated carbocycles. The Kier molecular flexibility index (Phi) is 6.62. The van der Waals surface area contributed by atoms with Gasteiger partial charge in [-0.15, -0.1) is 0 Å². The van der Waals surface area contributed by atoms with E-state index in [9.17, 15) is 23.8 Å². The summed E-state index contributed by atoms with van der Waals surface area (Å²) in [6, 6.07) is 11.7. The average molecular weight is 536 g/mol. The van der Waals surface area contributed by atoms with Crippen LogP contribution in [0.1, 0.15) is 28.3 Å². The highest BCUT2D eigenvalue weighted by Crippen LogP contribution is 2.40. The van der Waals surface area contributed by atoms with E-state index in [1.807, 2.05) is 0 Å². The summed E-state index contributed by atoms with van der Waals surface area (Å²) < 4.78 is 41.5. The SMILES string of the molecule is O=C(O[C@H](c1ccc(Cl)c(F)c1)[C@H]1O[C@@H](n2cc(F)c3cnc(Cl)nc32)[C@H](O)[C@@H]1O)c1ccccc1. The Balaban J connectivity index is 1.53. The van der Waals surface area contributed by atoms with Crippen molar-refractivity contribution >= 4 is 40.2 Å². The molecule has 0 unspecified atom stereocenters. The molecule has 0 bridgehead atoms. The molecule has 1 saturated heterocycles. The fraction of sp³-hybridized carbons (Fsp3) is 0.208. The van der Waals surface area contributed by atoms with Crippen LogP contribution in [-0.4, -0.2) is 49.0 Å². The molecule has 2 aromatic heterocycles. The van der Waals surface area contributed by atoms with Gasteiger partial charge in [-0.25, -0.2) is 18.6 Å². The predicted molar refractivity (Wildman–Crippen MR) is 124 cm³/mol. The van der Waals surface area contributed by atoms with Gasteiger partial charge >= 0.3 is 5.97 Å². The van der Waals surface area contributed by atoms with Gasteiger partial charge in [-0.2, -0.15) is 4.98 Å². The van der Waals surface area contributed by atoms with Crippen LogP contribution in [0.5, 0.6) is 0 Å². The zero-order valence-electron chi connectivity index (χ0n) is 18.1. The monoisotopic (exact) mass is 535 g/mol. The minimum Gasteiger partial charge on any atom is -0.451 e. The van der Waals surface area contributed by atoms with E-state index in [0.29, 0.717) is 0 Å². The van der Waals surface area contributed by atoms with E-state index in [0.717, 1.165) is 16.8 Å². The van der Waals surface area contributed by atoms with Crippen LogP contribution in [0.4, 0.5) is 8.78 Å². The molecule has 0 spiro atoms. The van der Waals surface area contributed by atoms with Gasteiger partial charge in [0.1, 0.15) is 29.8 Å². The highest BCUT2D eigenvalue weighted by Gasteiger charge is 2.49. The number of aliphatic hydroxyl groups excluding tert-OH is 2. The summed E-state index contributed by atoms with van der Waals surface area (Å²) in [6.07, 6.45) is -5.13. The lowest BCUT2D eigenvalue weighted by atomic mass is 9.98. The fourth-order valence-corrected chi connectivity index (χ4v) is 4.35. The van der Waals surface area contributed by atoms with E-state index >= 15 is 0 Å². The van der Waals surface area contributed by atoms with Crippen LogP contribution in [0.25, 0.3) is 11.0 Å². The molecule has 0 amide bonds. The first-order valence-electron chi connectivity index (χ1n) is 10.7. The van der Waals surface area contributed by atoms with Crippen molar-refractivity contribution in [2.75, 3.05) is 0 Å². The highest BCUT2D eigenvalue weighted by molar-refractivity contribution is 6.30. The van der Waals surface area contributed by atoms with Crippen molar-refractivity contribution in [3.63, 3.8) is 0 Å². The Morgan fingerprint density at radius 1 is 1.08 bits per heavy atom. The molecular formula is C24H17Cl2F2N3O5. The summed E-state index contributed by atoms with van der Waals surface area (Å²) in [5, 5.41) is 21.4. The zero-order chi connectivity index (χ0) is 25.6. The lowest BCUT2D eigenvalue weighted by Gasteiger charge is -2.26. The second-order valence-electron chi connectivity index (χ2n) is 8.10. The third-order valence-corrected chi connectivity index (χ3v) is 6.35. The number of hydrogen-bond acceptors (Lipinski definition) is 7. The predicted octanol–water partition coefficient (Wildman–Crippen LogP) is 4.23. The van der Waals surface area contributed by atoms with Crippen molar-refractivity contribution < 1.29 is 33.3 Å². The molecule has 1 aliphatic heterocycles. The van der Waals surface area contributed by atoms with Crippen molar-refractivity contribution in [2.45, 2.75) is 30.6 Å². The molecule has 0 aliphatic carbocycles. The second-order valence-corrected chi connectivity index (χ2v) is 8.84. The molecule has 2 aromatic carbocycles. The molecule has 5 atom stereocenters. The molecule has 186 valence electrons. The van der Waals surface area contributed by atoms with E-state index in [4.69, 9.17) is 32.7 Å². The molecule has 12 heteroatoms. The summed E-state index contributed by atoms with van der Waals surface area (Å²) in [7, 11) is 0. The molecule has 36 heavy (non-hydrogen) atoms. The molecule has 3 heterocycles. The summed E-state index contributed by atoms with van der Waals surface area (Å²) in [5.74, 6) is -2.27. The summed E-state index contributed by atoms with van der Waals surface area (Å²) >= 11 is 11.7. The maximum absolute atomic E-state index is 14.5.